The minimum atomic E-state index is -2.59. The van der Waals surface area contributed by atoms with Crippen LogP contribution >= 0.6 is 0 Å². The first-order valence-corrected chi connectivity index (χ1v) is 7.65. The molecule has 24 heavy (non-hydrogen) atoms. The molecule has 1 aliphatic rings. The van der Waals surface area contributed by atoms with Crippen LogP contribution in [0.15, 0.2) is 12.1 Å². The molecule has 2 amide bonds. The van der Waals surface area contributed by atoms with Gasteiger partial charge in [-0.2, -0.15) is 0 Å². The van der Waals surface area contributed by atoms with E-state index in [0.717, 1.165) is 11.0 Å². The van der Waals surface area contributed by atoms with Gasteiger partial charge in [-0.3, -0.25) is 0 Å². The van der Waals surface area contributed by atoms with E-state index in [2.05, 4.69) is 5.32 Å². The molecule has 2 atom stereocenters. The average Bonchev–Trinajstić information content (AvgIpc) is 3.04. The lowest BCUT2D eigenvalue weighted by Crippen LogP contribution is -2.46. The van der Waals surface area contributed by atoms with Gasteiger partial charge in [0.05, 0.1) is 26.3 Å². The molecular formula is C16H21F3N2O3. The van der Waals surface area contributed by atoms with E-state index in [9.17, 15) is 18.0 Å². The van der Waals surface area contributed by atoms with E-state index in [-0.39, 0.29) is 24.3 Å². The highest BCUT2D eigenvalue weighted by Gasteiger charge is 2.35. The van der Waals surface area contributed by atoms with Crippen LogP contribution in [0.5, 0.6) is 11.5 Å². The highest BCUT2D eigenvalue weighted by molar-refractivity contribution is 5.75. The standard InChI is InChI=1S/C16H21F3N2O3/c1-9(10-7-13(23-2)14(24-3)8-11(10)17)20-16(22)21-6-4-5-12(21)15(18)19/h7-9,12,15H,4-6H2,1-3H3,(H,20,22)/t9?,12-/m0/s1. The van der Waals surface area contributed by atoms with Crippen molar-refractivity contribution in [2.45, 2.75) is 38.3 Å². The highest BCUT2D eigenvalue weighted by atomic mass is 19.3. The monoisotopic (exact) mass is 346 g/mol. The summed E-state index contributed by atoms with van der Waals surface area (Å²) in [7, 11) is 2.81. The summed E-state index contributed by atoms with van der Waals surface area (Å²) in [5.74, 6) is -0.0245. The number of methoxy groups -OCH3 is 2. The van der Waals surface area contributed by atoms with Crippen LogP contribution in [0.1, 0.15) is 31.4 Å². The number of urea groups is 1. The number of hydrogen-bond acceptors (Lipinski definition) is 3. The minimum Gasteiger partial charge on any atom is -0.493 e. The summed E-state index contributed by atoms with van der Waals surface area (Å²) in [5.41, 5.74) is 0.189. The summed E-state index contributed by atoms with van der Waals surface area (Å²) in [6.45, 7) is 1.84. The van der Waals surface area contributed by atoms with Crippen LogP contribution in [0, 0.1) is 5.82 Å². The molecule has 5 nitrogen and oxygen atoms in total. The molecule has 0 saturated carbocycles. The van der Waals surface area contributed by atoms with Crippen LogP contribution in [0.3, 0.4) is 0 Å². The largest absolute Gasteiger partial charge is 0.493 e. The summed E-state index contributed by atoms with van der Waals surface area (Å²) in [6, 6.07) is 0.158. The van der Waals surface area contributed by atoms with E-state index in [1.807, 2.05) is 0 Å². The van der Waals surface area contributed by atoms with Gasteiger partial charge < -0.3 is 19.7 Å². The number of nitrogens with zero attached hydrogens (tertiary/aromatic N) is 1. The molecule has 1 unspecified atom stereocenters. The van der Waals surface area contributed by atoms with Gasteiger partial charge >= 0.3 is 6.03 Å². The number of amides is 2. The van der Waals surface area contributed by atoms with Crippen molar-refractivity contribution in [1.82, 2.24) is 10.2 Å². The van der Waals surface area contributed by atoms with E-state index in [0.29, 0.717) is 12.2 Å². The number of carbonyl (C=O) groups is 1. The number of nitrogens with one attached hydrogen (secondary N) is 1. The number of hydrogen-bond donors (Lipinski definition) is 1. The van der Waals surface area contributed by atoms with Crippen LogP contribution in [0.25, 0.3) is 0 Å². The second kappa shape index (κ2) is 7.63. The van der Waals surface area contributed by atoms with Gasteiger partial charge in [0.25, 0.3) is 6.43 Å². The molecular weight excluding hydrogens is 325 g/mol. The fourth-order valence-electron chi connectivity index (χ4n) is 2.85. The third kappa shape index (κ3) is 3.68. The lowest BCUT2D eigenvalue weighted by molar-refractivity contribution is 0.0601. The van der Waals surface area contributed by atoms with Crippen molar-refractivity contribution in [3.8, 4) is 11.5 Å². The molecule has 2 rings (SSSR count). The second-order valence-electron chi connectivity index (χ2n) is 5.64. The van der Waals surface area contributed by atoms with Gasteiger partial charge in [-0.15, -0.1) is 0 Å². The first kappa shape index (κ1) is 18.2. The van der Waals surface area contributed by atoms with E-state index in [1.54, 1.807) is 6.92 Å². The van der Waals surface area contributed by atoms with Crippen molar-refractivity contribution >= 4 is 6.03 Å². The van der Waals surface area contributed by atoms with Gasteiger partial charge in [0.15, 0.2) is 11.5 Å². The van der Waals surface area contributed by atoms with Crippen molar-refractivity contribution in [2.24, 2.45) is 0 Å². The molecule has 1 aliphatic heterocycles. The van der Waals surface area contributed by atoms with E-state index < -0.39 is 30.4 Å². The maximum absolute atomic E-state index is 14.2. The predicted octanol–water partition coefficient (Wildman–Crippen LogP) is 3.34. The number of carbonyl (C=O) groups excluding carboxylic acids is 1. The van der Waals surface area contributed by atoms with Crippen molar-refractivity contribution < 1.29 is 27.4 Å². The van der Waals surface area contributed by atoms with Crippen LogP contribution in [0.4, 0.5) is 18.0 Å². The fraction of sp³-hybridized carbons (Fsp3) is 0.562. The summed E-state index contributed by atoms with van der Waals surface area (Å²) in [5, 5.41) is 2.57. The molecule has 1 aromatic carbocycles. The number of rotatable bonds is 5. The van der Waals surface area contributed by atoms with Crippen molar-refractivity contribution in [3.63, 3.8) is 0 Å². The summed E-state index contributed by atoms with van der Waals surface area (Å²) in [6.07, 6.45) is -1.79. The Kier molecular flexibility index (Phi) is 5.80. The van der Waals surface area contributed by atoms with Gasteiger partial charge in [0.2, 0.25) is 0 Å². The zero-order valence-electron chi connectivity index (χ0n) is 13.8. The fourth-order valence-corrected chi connectivity index (χ4v) is 2.85. The number of ether oxygens (including phenoxy) is 2. The Bertz CT molecular complexity index is 598. The Morgan fingerprint density at radius 1 is 1.29 bits per heavy atom. The van der Waals surface area contributed by atoms with E-state index in [4.69, 9.17) is 9.47 Å². The molecule has 1 aromatic rings. The number of alkyl halides is 2. The quantitative estimate of drug-likeness (QED) is 0.890. The topological polar surface area (TPSA) is 50.8 Å². The maximum Gasteiger partial charge on any atom is 0.318 e. The molecule has 1 fully saturated rings. The second-order valence-corrected chi connectivity index (χ2v) is 5.64. The molecule has 1 saturated heterocycles. The third-order valence-corrected chi connectivity index (χ3v) is 4.16. The van der Waals surface area contributed by atoms with E-state index in [1.165, 1.54) is 20.3 Å². The summed E-state index contributed by atoms with van der Waals surface area (Å²) >= 11 is 0. The van der Waals surface area contributed by atoms with Crippen LogP contribution in [0.2, 0.25) is 0 Å². The molecule has 8 heteroatoms. The lowest BCUT2D eigenvalue weighted by atomic mass is 10.1. The first-order valence-electron chi connectivity index (χ1n) is 7.65. The zero-order valence-corrected chi connectivity index (χ0v) is 13.8. The molecule has 1 N–H and O–H groups in total. The van der Waals surface area contributed by atoms with Gasteiger partial charge in [0, 0.05) is 18.2 Å². The predicted molar refractivity (Wildman–Crippen MR) is 82.2 cm³/mol. The molecule has 0 bridgehead atoms. The first-order chi connectivity index (χ1) is 11.4. The van der Waals surface area contributed by atoms with Gasteiger partial charge in [0.1, 0.15) is 5.82 Å². The van der Waals surface area contributed by atoms with E-state index >= 15 is 0 Å². The normalized spacial score (nSPS) is 18.6. The van der Waals surface area contributed by atoms with Gasteiger partial charge in [-0.1, -0.05) is 0 Å². The Labute approximate surface area is 138 Å². The smallest absolute Gasteiger partial charge is 0.318 e. The van der Waals surface area contributed by atoms with Gasteiger partial charge in [-0.05, 0) is 25.8 Å². The Morgan fingerprint density at radius 3 is 2.50 bits per heavy atom. The number of likely N-dealkylation sites (tertiary alicyclic amines) is 1. The lowest BCUT2D eigenvalue weighted by Gasteiger charge is -2.26. The average molecular weight is 346 g/mol. The SMILES string of the molecule is COc1cc(F)c(C(C)NC(=O)N2CCC[C@H]2C(F)F)cc1OC. The highest BCUT2D eigenvalue weighted by Crippen LogP contribution is 2.32. The minimum absolute atomic E-state index is 0.189. The van der Waals surface area contributed by atoms with Crippen LogP contribution in [-0.4, -0.2) is 44.2 Å². The van der Waals surface area contributed by atoms with Crippen molar-refractivity contribution in [2.75, 3.05) is 20.8 Å². The van der Waals surface area contributed by atoms with Crippen LogP contribution in [-0.2, 0) is 0 Å². The Balaban J connectivity index is 2.14. The molecule has 0 spiro atoms. The number of halogens is 3. The maximum atomic E-state index is 14.2. The third-order valence-electron chi connectivity index (χ3n) is 4.16. The molecule has 0 aromatic heterocycles. The molecule has 134 valence electrons. The zero-order chi connectivity index (χ0) is 17.9. The summed E-state index contributed by atoms with van der Waals surface area (Å²) in [4.78, 5) is 13.3. The molecule has 0 aliphatic carbocycles. The molecule has 0 radical (unpaired) electrons. The summed E-state index contributed by atoms with van der Waals surface area (Å²) < 4.78 is 50.2. The number of benzene rings is 1. The van der Waals surface area contributed by atoms with Gasteiger partial charge in [-0.25, -0.2) is 18.0 Å². The van der Waals surface area contributed by atoms with Crippen LogP contribution < -0.4 is 14.8 Å². The van der Waals surface area contributed by atoms with Crippen molar-refractivity contribution in [1.29, 1.82) is 0 Å². The Morgan fingerprint density at radius 2 is 1.92 bits per heavy atom. The molecule has 1 heterocycles. The van der Waals surface area contributed by atoms with Crippen molar-refractivity contribution in [3.05, 3.63) is 23.5 Å². The Hall–Kier alpha value is -2.12.